The quantitative estimate of drug-likeness (QED) is 0.759. The standard InChI is InChI=1S/C18H20BrN3O/c1-13-3-2-4-15-14(13)5-6-18(23-15)7-9-22(10-8-18)17-12-20-16(19)11-21-17/h2-4,11-12H,5-10H2,1H3. The van der Waals surface area contributed by atoms with Crippen LogP contribution in [0.15, 0.2) is 35.2 Å². The van der Waals surface area contributed by atoms with Gasteiger partial charge in [-0.05, 0) is 52.9 Å². The second-order valence-electron chi connectivity index (χ2n) is 6.52. The van der Waals surface area contributed by atoms with Crippen molar-refractivity contribution >= 4 is 21.7 Å². The molecular weight excluding hydrogens is 354 g/mol. The average molecular weight is 374 g/mol. The molecule has 4 nitrogen and oxygen atoms in total. The number of anilines is 1. The van der Waals surface area contributed by atoms with E-state index in [1.165, 1.54) is 11.1 Å². The summed E-state index contributed by atoms with van der Waals surface area (Å²) in [7, 11) is 0. The minimum atomic E-state index is 0.0000849. The summed E-state index contributed by atoms with van der Waals surface area (Å²) in [6, 6.07) is 6.39. The van der Waals surface area contributed by atoms with E-state index < -0.39 is 0 Å². The number of fused-ring (bicyclic) bond motifs is 1. The first-order valence-electron chi connectivity index (χ1n) is 8.15. The fraction of sp³-hybridized carbons (Fsp3) is 0.444. The molecule has 2 aliphatic heterocycles. The molecule has 0 N–H and O–H groups in total. The van der Waals surface area contributed by atoms with Gasteiger partial charge in [0.05, 0.1) is 12.4 Å². The zero-order valence-corrected chi connectivity index (χ0v) is 14.8. The highest BCUT2D eigenvalue weighted by molar-refractivity contribution is 9.10. The first-order valence-corrected chi connectivity index (χ1v) is 8.95. The van der Waals surface area contributed by atoms with Gasteiger partial charge in [0.2, 0.25) is 0 Å². The molecule has 1 spiro atoms. The summed E-state index contributed by atoms with van der Waals surface area (Å²) >= 11 is 3.34. The highest BCUT2D eigenvalue weighted by Crippen LogP contribution is 2.40. The molecule has 120 valence electrons. The Morgan fingerprint density at radius 2 is 1.96 bits per heavy atom. The molecule has 1 aromatic carbocycles. The Balaban J connectivity index is 1.48. The zero-order valence-electron chi connectivity index (χ0n) is 13.3. The average Bonchev–Trinajstić information content (AvgIpc) is 2.57. The summed E-state index contributed by atoms with van der Waals surface area (Å²) in [5.74, 6) is 2.04. The Bertz CT molecular complexity index is 709. The van der Waals surface area contributed by atoms with Crippen molar-refractivity contribution in [2.24, 2.45) is 0 Å². The predicted octanol–water partition coefficient (Wildman–Crippen LogP) is 3.91. The normalized spacial score (nSPS) is 19.3. The van der Waals surface area contributed by atoms with Gasteiger partial charge in [0, 0.05) is 25.9 Å². The Labute approximate surface area is 145 Å². The van der Waals surface area contributed by atoms with Gasteiger partial charge < -0.3 is 9.64 Å². The molecule has 0 unspecified atom stereocenters. The van der Waals surface area contributed by atoms with Gasteiger partial charge in [0.1, 0.15) is 21.8 Å². The van der Waals surface area contributed by atoms with E-state index in [4.69, 9.17) is 4.74 Å². The van der Waals surface area contributed by atoms with E-state index in [-0.39, 0.29) is 5.60 Å². The number of halogens is 1. The number of hydrogen-bond donors (Lipinski definition) is 0. The van der Waals surface area contributed by atoms with Crippen LogP contribution in [0.4, 0.5) is 5.82 Å². The van der Waals surface area contributed by atoms with E-state index in [1.54, 1.807) is 6.20 Å². The van der Waals surface area contributed by atoms with E-state index >= 15 is 0 Å². The first kappa shape index (κ1) is 14.9. The van der Waals surface area contributed by atoms with Crippen LogP contribution >= 0.6 is 15.9 Å². The summed E-state index contributed by atoms with van der Waals surface area (Å²) in [6.07, 6.45) is 7.92. The minimum absolute atomic E-state index is 0.0000849. The number of rotatable bonds is 1. The molecule has 0 saturated carbocycles. The van der Waals surface area contributed by atoms with Crippen molar-refractivity contribution in [2.75, 3.05) is 18.0 Å². The Morgan fingerprint density at radius 1 is 1.13 bits per heavy atom. The van der Waals surface area contributed by atoms with Gasteiger partial charge in [-0.1, -0.05) is 12.1 Å². The van der Waals surface area contributed by atoms with Crippen LogP contribution in [0.2, 0.25) is 0 Å². The minimum Gasteiger partial charge on any atom is -0.487 e. The molecule has 2 aliphatic rings. The van der Waals surface area contributed by atoms with Crippen molar-refractivity contribution in [3.05, 3.63) is 46.3 Å². The molecule has 1 fully saturated rings. The maximum atomic E-state index is 6.47. The molecule has 5 heteroatoms. The van der Waals surface area contributed by atoms with Crippen LogP contribution in [0.5, 0.6) is 5.75 Å². The summed E-state index contributed by atoms with van der Waals surface area (Å²) in [4.78, 5) is 11.0. The van der Waals surface area contributed by atoms with Crippen LogP contribution in [0.3, 0.4) is 0 Å². The summed E-state index contributed by atoms with van der Waals surface area (Å²) in [5.41, 5.74) is 2.74. The van der Waals surface area contributed by atoms with Crippen molar-refractivity contribution in [2.45, 2.75) is 38.2 Å². The van der Waals surface area contributed by atoms with Crippen molar-refractivity contribution < 1.29 is 4.74 Å². The monoisotopic (exact) mass is 373 g/mol. The lowest BCUT2D eigenvalue weighted by Gasteiger charge is -2.45. The van der Waals surface area contributed by atoms with Gasteiger partial charge in [-0.3, -0.25) is 0 Å². The lowest BCUT2D eigenvalue weighted by atomic mass is 9.82. The van der Waals surface area contributed by atoms with Crippen LogP contribution in [0.25, 0.3) is 0 Å². The number of aryl methyl sites for hydroxylation is 1. The Kier molecular flexibility index (Phi) is 3.76. The first-order chi connectivity index (χ1) is 11.2. The predicted molar refractivity (Wildman–Crippen MR) is 94.0 cm³/mol. The molecule has 4 rings (SSSR count). The van der Waals surface area contributed by atoms with Gasteiger partial charge >= 0.3 is 0 Å². The number of piperidine rings is 1. The topological polar surface area (TPSA) is 38.2 Å². The van der Waals surface area contributed by atoms with Crippen molar-refractivity contribution in [1.29, 1.82) is 0 Å². The van der Waals surface area contributed by atoms with Gasteiger partial charge in [-0.15, -0.1) is 0 Å². The van der Waals surface area contributed by atoms with Crippen LogP contribution < -0.4 is 9.64 Å². The molecule has 1 saturated heterocycles. The van der Waals surface area contributed by atoms with E-state index in [9.17, 15) is 0 Å². The van der Waals surface area contributed by atoms with Gasteiger partial charge in [-0.25, -0.2) is 9.97 Å². The molecule has 0 bridgehead atoms. The molecule has 2 aromatic rings. The summed E-state index contributed by atoms with van der Waals surface area (Å²) in [5, 5.41) is 0. The number of benzene rings is 1. The molecular formula is C18H20BrN3O. The third-order valence-electron chi connectivity index (χ3n) is 5.13. The molecule has 3 heterocycles. The third kappa shape index (κ3) is 2.82. The number of hydrogen-bond acceptors (Lipinski definition) is 4. The number of aromatic nitrogens is 2. The molecule has 1 aromatic heterocycles. The lowest BCUT2D eigenvalue weighted by Crippen LogP contribution is -2.50. The van der Waals surface area contributed by atoms with Gasteiger partial charge in [0.15, 0.2) is 0 Å². The number of nitrogens with zero attached hydrogens (tertiary/aromatic N) is 3. The lowest BCUT2D eigenvalue weighted by molar-refractivity contribution is 0.0223. The highest BCUT2D eigenvalue weighted by atomic mass is 79.9. The second kappa shape index (κ2) is 5.78. The van der Waals surface area contributed by atoms with Crippen molar-refractivity contribution in [3.8, 4) is 5.75 Å². The van der Waals surface area contributed by atoms with Gasteiger partial charge in [0.25, 0.3) is 0 Å². The summed E-state index contributed by atoms with van der Waals surface area (Å²) in [6.45, 7) is 4.11. The maximum absolute atomic E-state index is 6.47. The van der Waals surface area contributed by atoms with E-state index in [2.05, 4.69) is 55.9 Å². The second-order valence-corrected chi connectivity index (χ2v) is 7.33. The molecule has 0 amide bonds. The highest BCUT2D eigenvalue weighted by Gasteiger charge is 2.40. The molecule has 0 atom stereocenters. The van der Waals surface area contributed by atoms with Crippen LogP contribution in [-0.2, 0) is 6.42 Å². The SMILES string of the molecule is Cc1cccc2c1CCC1(CCN(c3cnc(Br)cn3)CC1)O2. The molecule has 23 heavy (non-hydrogen) atoms. The van der Waals surface area contributed by atoms with E-state index in [1.807, 2.05) is 6.20 Å². The van der Waals surface area contributed by atoms with E-state index in [0.29, 0.717) is 0 Å². The Morgan fingerprint density at radius 3 is 2.70 bits per heavy atom. The fourth-order valence-corrected chi connectivity index (χ4v) is 3.90. The third-order valence-corrected chi connectivity index (χ3v) is 5.54. The summed E-state index contributed by atoms with van der Waals surface area (Å²) < 4.78 is 7.25. The smallest absolute Gasteiger partial charge is 0.147 e. The van der Waals surface area contributed by atoms with Crippen molar-refractivity contribution in [1.82, 2.24) is 9.97 Å². The van der Waals surface area contributed by atoms with Gasteiger partial charge in [-0.2, -0.15) is 0 Å². The maximum Gasteiger partial charge on any atom is 0.147 e. The van der Waals surface area contributed by atoms with Crippen LogP contribution in [0, 0.1) is 6.92 Å². The Hall–Kier alpha value is -1.62. The van der Waals surface area contributed by atoms with Crippen LogP contribution in [0.1, 0.15) is 30.4 Å². The zero-order chi connectivity index (χ0) is 15.9. The molecule has 0 aliphatic carbocycles. The number of ether oxygens (including phenoxy) is 1. The fourth-order valence-electron chi connectivity index (χ4n) is 3.69. The van der Waals surface area contributed by atoms with E-state index in [0.717, 1.165) is 54.9 Å². The molecule has 0 radical (unpaired) electrons. The largest absolute Gasteiger partial charge is 0.487 e. The van der Waals surface area contributed by atoms with Crippen molar-refractivity contribution in [3.63, 3.8) is 0 Å². The van der Waals surface area contributed by atoms with Crippen LogP contribution in [-0.4, -0.2) is 28.7 Å².